The predicted octanol–water partition coefficient (Wildman–Crippen LogP) is 2.27. The number of nitrogens with zero attached hydrogens (tertiary/aromatic N) is 2. The number of thiocarbonyl (C=S) groups is 1. The molecule has 2 rings (SSSR count). The summed E-state index contributed by atoms with van der Waals surface area (Å²) in [7, 11) is 0. The summed E-state index contributed by atoms with van der Waals surface area (Å²) in [5.41, 5.74) is 6.78. The standard InChI is InChI=1S/C11H13N3S/c1-2-9(11(12)15)14-10-6-4-3-5-8(10)7-13-14/h3-7,9H,2H2,1H3,(H2,12,15). The number of para-hydroxylation sites is 1. The molecule has 1 atom stereocenters. The van der Waals surface area contributed by atoms with Crippen LogP contribution in [-0.2, 0) is 0 Å². The van der Waals surface area contributed by atoms with Gasteiger partial charge < -0.3 is 5.73 Å². The Bertz CT molecular complexity index is 489. The van der Waals surface area contributed by atoms with Gasteiger partial charge in [-0.15, -0.1) is 0 Å². The molecule has 2 aromatic rings. The minimum absolute atomic E-state index is 0.0138. The largest absolute Gasteiger partial charge is 0.392 e. The van der Waals surface area contributed by atoms with Gasteiger partial charge in [0.2, 0.25) is 0 Å². The molecule has 0 aliphatic heterocycles. The number of nitrogens with two attached hydrogens (primary N) is 1. The van der Waals surface area contributed by atoms with E-state index in [2.05, 4.69) is 12.0 Å². The zero-order chi connectivity index (χ0) is 10.8. The van der Waals surface area contributed by atoms with Crippen LogP contribution in [0.25, 0.3) is 10.9 Å². The smallest absolute Gasteiger partial charge is 0.102 e. The highest BCUT2D eigenvalue weighted by atomic mass is 32.1. The SMILES string of the molecule is CCC(C(N)=S)n1ncc2ccccc21. The Hall–Kier alpha value is -1.42. The summed E-state index contributed by atoms with van der Waals surface area (Å²) < 4.78 is 1.90. The molecule has 3 nitrogen and oxygen atoms in total. The minimum Gasteiger partial charge on any atom is -0.392 e. The third-order valence-electron chi connectivity index (χ3n) is 2.52. The molecular weight excluding hydrogens is 206 g/mol. The number of hydrogen-bond acceptors (Lipinski definition) is 2. The van der Waals surface area contributed by atoms with E-state index in [0.717, 1.165) is 17.3 Å². The molecule has 1 aromatic heterocycles. The second-order valence-corrected chi connectivity index (χ2v) is 3.95. The normalized spacial score (nSPS) is 12.9. The van der Waals surface area contributed by atoms with Crippen LogP contribution in [0, 0.1) is 0 Å². The lowest BCUT2D eigenvalue weighted by Gasteiger charge is -2.14. The van der Waals surface area contributed by atoms with Crippen molar-refractivity contribution in [3.05, 3.63) is 30.5 Å². The molecule has 15 heavy (non-hydrogen) atoms. The summed E-state index contributed by atoms with van der Waals surface area (Å²) in [4.78, 5) is 0.492. The van der Waals surface area contributed by atoms with Gasteiger partial charge in [0, 0.05) is 5.39 Å². The molecule has 1 unspecified atom stereocenters. The van der Waals surface area contributed by atoms with E-state index >= 15 is 0 Å². The molecule has 0 aliphatic carbocycles. The summed E-state index contributed by atoms with van der Waals surface area (Å²) in [6.07, 6.45) is 2.71. The lowest BCUT2D eigenvalue weighted by atomic mass is 10.2. The van der Waals surface area contributed by atoms with Crippen molar-refractivity contribution in [2.45, 2.75) is 19.4 Å². The van der Waals surface area contributed by atoms with Crippen molar-refractivity contribution in [3.8, 4) is 0 Å². The summed E-state index contributed by atoms with van der Waals surface area (Å²) >= 11 is 5.04. The number of hydrogen-bond donors (Lipinski definition) is 1. The van der Waals surface area contributed by atoms with E-state index in [4.69, 9.17) is 18.0 Å². The van der Waals surface area contributed by atoms with Gasteiger partial charge in [-0.1, -0.05) is 37.3 Å². The van der Waals surface area contributed by atoms with Crippen molar-refractivity contribution in [1.82, 2.24) is 9.78 Å². The molecule has 0 bridgehead atoms. The van der Waals surface area contributed by atoms with Gasteiger partial charge in [-0.05, 0) is 12.5 Å². The van der Waals surface area contributed by atoms with E-state index in [-0.39, 0.29) is 6.04 Å². The summed E-state index contributed by atoms with van der Waals surface area (Å²) in [6.45, 7) is 2.06. The summed E-state index contributed by atoms with van der Waals surface area (Å²) in [5, 5.41) is 5.45. The van der Waals surface area contributed by atoms with Crippen LogP contribution in [0.5, 0.6) is 0 Å². The maximum Gasteiger partial charge on any atom is 0.102 e. The van der Waals surface area contributed by atoms with E-state index in [9.17, 15) is 0 Å². The maximum atomic E-state index is 5.70. The third-order valence-corrected chi connectivity index (χ3v) is 2.79. The fourth-order valence-electron chi connectivity index (χ4n) is 1.73. The molecule has 2 N–H and O–H groups in total. The maximum absolute atomic E-state index is 5.70. The van der Waals surface area contributed by atoms with E-state index in [1.807, 2.05) is 35.1 Å². The van der Waals surface area contributed by atoms with Crippen LogP contribution in [0.3, 0.4) is 0 Å². The molecule has 1 aromatic carbocycles. The fraction of sp³-hybridized carbons (Fsp3) is 0.273. The molecule has 4 heteroatoms. The van der Waals surface area contributed by atoms with Gasteiger partial charge >= 0.3 is 0 Å². The molecule has 0 aliphatic rings. The van der Waals surface area contributed by atoms with Crippen molar-refractivity contribution >= 4 is 28.1 Å². The van der Waals surface area contributed by atoms with Crippen molar-refractivity contribution in [2.24, 2.45) is 5.73 Å². The molecule has 1 heterocycles. The Labute approximate surface area is 93.9 Å². The lowest BCUT2D eigenvalue weighted by molar-refractivity contribution is 0.572. The van der Waals surface area contributed by atoms with Crippen LogP contribution in [0.1, 0.15) is 19.4 Å². The zero-order valence-electron chi connectivity index (χ0n) is 8.55. The average Bonchev–Trinajstić information content (AvgIpc) is 2.63. The average molecular weight is 219 g/mol. The first-order valence-electron chi connectivity index (χ1n) is 4.95. The van der Waals surface area contributed by atoms with Crippen molar-refractivity contribution < 1.29 is 0 Å². The van der Waals surface area contributed by atoms with Crippen molar-refractivity contribution in [1.29, 1.82) is 0 Å². The van der Waals surface area contributed by atoms with Gasteiger partial charge in [0.15, 0.2) is 0 Å². The number of fused-ring (bicyclic) bond motifs is 1. The summed E-state index contributed by atoms with van der Waals surface area (Å²) in [5.74, 6) is 0. The van der Waals surface area contributed by atoms with Crippen molar-refractivity contribution in [3.63, 3.8) is 0 Å². The number of aromatic nitrogens is 2. The Morgan fingerprint density at radius 1 is 1.53 bits per heavy atom. The highest BCUT2D eigenvalue weighted by Gasteiger charge is 2.14. The van der Waals surface area contributed by atoms with E-state index in [1.165, 1.54) is 0 Å². The predicted molar refractivity (Wildman–Crippen MR) is 65.8 cm³/mol. The number of benzene rings is 1. The van der Waals surface area contributed by atoms with Gasteiger partial charge in [0.05, 0.1) is 16.7 Å². The summed E-state index contributed by atoms with van der Waals surface area (Å²) in [6, 6.07) is 8.07. The first kappa shape index (κ1) is 10.1. The van der Waals surface area contributed by atoms with Gasteiger partial charge in [-0.25, -0.2) is 0 Å². The Morgan fingerprint density at radius 3 is 2.93 bits per heavy atom. The Balaban J connectivity index is 2.55. The molecule has 0 saturated heterocycles. The van der Waals surface area contributed by atoms with E-state index < -0.39 is 0 Å². The second kappa shape index (κ2) is 3.98. The van der Waals surface area contributed by atoms with Crippen LogP contribution in [-0.4, -0.2) is 14.8 Å². The van der Waals surface area contributed by atoms with Gasteiger partial charge in [0.25, 0.3) is 0 Å². The third kappa shape index (κ3) is 1.72. The molecule has 0 fully saturated rings. The molecule has 0 amide bonds. The first-order valence-corrected chi connectivity index (χ1v) is 5.36. The van der Waals surface area contributed by atoms with Gasteiger partial charge in [0.1, 0.15) is 6.04 Å². The Morgan fingerprint density at radius 2 is 2.27 bits per heavy atom. The van der Waals surface area contributed by atoms with Crippen LogP contribution >= 0.6 is 12.2 Å². The molecular formula is C11H13N3S. The minimum atomic E-state index is 0.0138. The van der Waals surface area contributed by atoms with Crippen LogP contribution < -0.4 is 5.73 Å². The van der Waals surface area contributed by atoms with Crippen LogP contribution in [0.2, 0.25) is 0 Å². The molecule has 0 spiro atoms. The van der Waals surface area contributed by atoms with E-state index in [1.54, 1.807) is 0 Å². The highest BCUT2D eigenvalue weighted by molar-refractivity contribution is 7.80. The van der Waals surface area contributed by atoms with Crippen molar-refractivity contribution in [2.75, 3.05) is 0 Å². The van der Waals surface area contributed by atoms with Crippen LogP contribution in [0.4, 0.5) is 0 Å². The fourth-order valence-corrected chi connectivity index (χ4v) is 2.00. The topological polar surface area (TPSA) is 43.8 Å². The highest BCUT2D eigenvalue weighted by Crippen LogP contribution is 2.19. The molecule has 0 radical (unpaired) electrons. The zero-order valence-corrected chi connectivity index (χ0v) is 9.37. The monoisotopic (exact) mass is 219 g/mol. The van der Waals surface area contributed by atoms with Crippen LogP contribution in [0.15, 0.2) is 30.5 Å². The first-order chi connectivity index (χ1) is 7.24. The molecule has 0 saturated carbocycles. The van der Waals surface area contributed by atoms with Gasteiger partial charge in [-0.3, -0.25) is 4.68 Å². The molecule has 78 valence electrons. The second-order valence-electron chi connectivity index (χ2n) is 3.47. The number of rotatable bonds is 3. The van der Waals surface area contributed by atoms with Gasteiger partial charge in [-0.2, -0.15) is 5.10 Å². The van der Waals surface area contributed by atoms with E-state index in [0.29, 0.717) is 4.99 Å². The quantitative estimate of drug-likeness (QED) is 0.805. The Kier molecular flexibility index (Phi) is 2.68. The lowest BCUT2D eigenvalue weighted by Crippen LogP contribution is -2.24.